The van der Waals surface area contributed by atoms with Crippen molar-refractivity contribution in [3.63, 3.8) is 0 Å². The molecule has 1 aromatic rings. The normalized spacial score (nSPS) is 10.9. The van der Waals surface area contributed by atoms with Crippen molar-refractivity contribution in [2.45, 2.75) is 19.4 Å². The summed E-state index contributed by atoms with van der Waals surface area (Å²) in [6.07, 6.45) is 0.838. The van der Waals surface area contributed by atoms with Gasteiger partial charge in [-0.05, 0) is 19.9 Å². The fraction of sp³-hybridized carbons (Fsp3) is 0.300. The summed E-state index contributed by atoms with van der Waals surface area (Å²) in [6.45, 7) is 2.50. The smallest absolute Gasteiger partial charge is 0.328 e. The molecule has 0 saturated heterocycles. The van der Waals surface area contributed by atoms with E-state index in [2.05, 4.69) is 10.3 Å². The standard InChI is InChI=1S/C10H10ClN3O5/c1-10(2,9(16)17)13-8(15)5-3-7(11)12-4-6(5)14(18)19/h3-4H,1-2H3,(H,13,15)(H,16,17). The Morgan fingerprint density at radius 2 is 2.11 bits per heavy atom. The van der Waals surface area contributed by atoms with Crippen LogP contribution in [-0.4, -0.2) is 32.4 Å². The van der Waals surface area contributed by atoms with Crippen LogP contribution in [0.2, 0.25) is 5.15 Å². The largest absolute Gasteiger partial charge is 0.480 e. The molecular weight excluding hydrogens is 278 g/mol. The highest BCUT2D eigenvalue weighted by atomic mass is 35.5. The Hall–Kier alpha value is -2.22. The number of halogens is 1. The highest BCUT2D eigenvalue weighted by Crippen LogP contribution is 2.21. The fourth-order valence-corrected chi connectivity index (χ4v) is 1.31. The van der Waals surface area contributed by atoms with E-state index in [0.717, 1.165) is 12.3 Å². The number of pyridine rings is 1. The minimum absolute atomic E-state index is 0.108. The van der Waals surface area contributed by atoms with Crippen LogP contribution in [0.1, 0.15) is 24.2 Å². The Labute approximate surface area is 112 Å². The summed E-state index contributed by atoms with van der Waals surface area (Å²) < 4.78 is 0. The molecule has 1 heterocycles. The van der Waals surface area contributed by atoms with Crippen molar-refractivity contribution in [1.29, 1.82) is 0 Å². The number of hydrogen-bond acceptors (Lipinski definition) is 5. The number of carboxylic acids is 1. The van der Waals surface area contributed by atoms with Gasteiger partial charge in [-0.15, -0.1) is 0 Å². The molecule has 0 fully saturated rings. The molecule has 0 aliphatic carbocycles. The average molecular weight is 288 g/mol. The van der Waals surface area contributed by atoms with E-state index in [9.17, 15) is 19.7 Å². The minimum Gasteiger partial charge on any atom is -0.480 e. The van der Waals surface area contributed by atoms with E-state index in [1.807, 2.05) is 0 Å². The number of nitrogens with zero attached hydrogens (tertiary/aromatic N) is 2. The van der Waals surface area contributed by atoms with Gasteiger partial charge in [-0.2, -0.15) is 0 Å². The van der Waals surface area contributed by atoms with Gasteiger partial charge in [0, 0.05) is 0 Å². The van der Waals surface area contributed by atoms with Crippen LogP contribution in [0, 0.1) is 10.1 Å². The molecule has 0 aromatic carbocycles. The van der Waals surface area contributed by atoms with Gasteiger partial charge in [0.2, 0.25) is 0 Å². The number of amides is 1. The second kappa shape index (κ2) is 5.19. The predicted molar refractivity (Wildman–Crippen MR) is 65.1 cm³/mol. The van der Waals surface area contributed by atoms with Gasteiger partial charge >= 0.3 is 5.97 Å². The van der Waals surface area contributed by atoms with Crippen LogP contribution >= 0.6 is 11.6 Å². The molecule has 8 nitrogen and oxygen atoms in total. The molecule has 19 heavy (non-hydrogen) atoms. The van der Waals surface area contributed by atoms with Crippen LogP contribution in [0.3, 0.4) is 0 Å². The monoisotopic (exact) mass is 287 g/mol. The number of hydrogen-bond donors (Lipinski definition) is 2. The van der Waals surface area contributed by atoms with Gasteiger partial charge in [-0.1, -0.05) is 11.6 Å². The van der Waals surface area contributed by atoms with Crippen molar-refractivity contribution in [2.24, 2.45) is 0 Å². The van der Waals surface area contributed by atoms with Crippen LogP contribution in [0.5, 0.6) is 0 Å². The second-order valence-corrected chi connectivity index (χ2v) is 4.55. The predicted octanol–water partition coefficient (Wildman–Crippen LogP) is 1.24. The van der Waals surface area contributed by atoms with Crippen molar-refractivity contribution in [3.8, 4) is 0 Å². The summed E-state index contributed by atoms with van der Waals surface area (Å²) in [5.41, 5.74) is -2.47. The summed E-state index contributed by atoms with van der Waals surface area (Å²) >= 11 is 5.57. The Balaban J connectivity index is 3.16. The number of rotatable bonds is 4. The highest BCUT2D eigenvalue weighted by molar-refractivity contribution is 6.29. The van der Waals surface area contributed by atoms with Crippen LogP contribution in [0.25, 0.3) is 0 Å². The number of aliphatic carboxylic acids is 1. The van der Waals surface area contributed by atoms with Crippen molar-refractivity contribution in [1.82, 2.24) is 10.3 Å². The molecular formula is C10H10ClN3O5. The van der Waals surface area contributed by atoms with E-state index in [1.165, 1.54) is 13.8 Å². The molecule has 0 atom stereocenters. The van der Waals surface area contributed by atoms with Crippen molar-refractivity contribution in [2.75, 3.05) is 0 Å². The molecule has 0 aliphatic rings. The molecule has 0 unspecified atom stereocenters. The van der Waals surface area contributed by atoms with Gasteiger partial charge in [0.1, 0.15) is 22.5 Å². The summed E-state index contributed by atoms with van der Waals surface area (Å²) in [4.78, 5) is 36.2. The number of carbonyl (C=O) groups is 2. The van der Waals surface area contributed by atoms with Gasteiger partial charge < -0.3 is 10.4 Å². The van der Waals surface area contributed by atoms with Gasteiger partial charge in [0.05, 0.1) is 4.92 Å². The number of nitrogens with one attached hydrogen (secondary N) is 1. The number of carboxylic acid groups (broad SMARTS) is 1. The molecule has 0 radical (unpaired) electrons. The lowest BCUT2D eigenvalue weighted by Crippen LogP contribution is -2.49. The minimum atomic E-state index is -1.57. The third-order valence-electron chi connectivity index (χ3n) is 2.25. The summed E-state index contributed by atoms with van der Waals surface area (Å²) in [7, 11) is 0. The van der Waals surface area contributed by atoms with E-state index >= 15 is 0 Å². The maximum absolute atomic E-state index is 11.9. The molecule has 0 aliphatic heterocycles. The zero-order chi connectivity index (χ0) is 14.8. The first-order valence-electron chi connectivity index (χ1n) is 5.01. The zero-order valence-electron chi connectivity index (χ0n) is 10.0. The quantitative estimate of drug-likeness (QED) is 0.488. The molecule has 0 bridgehead atoms. The van der Waals surface area contributed by atoms with Gasteiger partial charge in [0.25, 0.3) is 11.6 Å². The molecule has 1 aromatic heterocycles. The summed E-state index contributed by atoms with van der Waals surface area (Å²) in [5.74, 6) is -2.19. The van der Waals surface area contributed by atoms with E-state index in [1.54, 1.807) is 0 Å². The summed E-state index contributed by atoms with van der Waals surface area (Å²) in [6, 6.07) is 1.01. The van der Waals surface area contributed by atoms with Crippen LogP contribution in [-0.2, 0) is 4.79 Å². The van der Waals surface area contributed by atoms with E-state index in [4.69, 9.17) is 16.7 Å². The first-order chi connectivity index (χ1) is 8.65. The van der Waals surface area contributed by atoms with E-state index < -0.39 is 28.0 Å². The summed E-state index contributed by atoms with van der Waals surface area (Å²) in [5, 5.41) is 21.7. The number of nitro groups is 1. The van der Waals surface area contributed by atoms with Gasteiger partial charge in [-0.3, -0.25) is 14.9 Å². The third-order valence-corrected chi connectivity index (χ3v) is 2.46. The maximum atomic E-state index is 11.9. The lowest BCUT2D eigenvalue weighted by molar-refractivity contribution is -0.385. The van der Waals surface area contributed by atoms with Crippen LogP contribution in [0.4, 0.5) is 5.69 Å². The second-order valence-electron chi connectivity index (χ2n) is 4.17. The van der Waals surface area contributed by atoms with Crippen LogP contribution in [0.15, 0.2) is 12.3 Å². The highest BCUT2D eigenvalue weighted by Gasteiger charge is 2.32. The lowest BCUT2D eigenvalue weighted by Gasteiger charge is -2.20. The lowest BCUT2D eigenvalue weighted by atomic mass is 10.1. The SMILES string of the molecule is CC(C)(NC(=O)c1cc(Cl)ncc1[N+](=O)[O-])C(=O)O. The van der Waals surface area contributed by atoms with E-state index in [-0.39, 0.29) is 10.7 Å². The van der Waals surface area contributed by atoms with Crippen molar-refractivity contribution < 1.29 is 19.6 Å². The van der Waals surface area contributed by atoms with Gasteiger partial charge in [-0.25, -0.2) is 9.78 Å². The topological polar surface area (TPSA) is 122 Å². The Morgan fingerprint density at radius 3 is 2.58 bits per heavy atom. The van der Waals surface area contributed by atoms with Crippen molar-refractivity contribution >= 4 is 29.2 Å². The first-order valence-corrected chi connectivity index (χ1v) is 5.39. The Kier molecular flexibility index (Phi) is 4.05. The van der Waals surface area contributed by atoms with E-state index in [0.29, 0.717) is 0 Å². The Bertz CT molecular complexity index is 558. The average Bonchev–Trinajstić information content (AvgIpc) is 2.27. The van der Waals surface area contributed by atoms with Gasteiger partial charge in [0.15, 0.2) is 0 Å². The number of aromatic nitrogens is 1. The van der Waals surface area contributed by atoms with Crippen LogP contribution < -0.4 is 5.32 Å². The molecule has 2 N–H and O–H groups in total. The molecule has 102 valence electrons. The Morgan fingerprint density at radius 1 is 1.53 bits per heavy atom. The molecule has 0 spiro atoms. The maximum Gasteiger partial charge on any atom is 0.328 e. The third kappa shape index (κ3) is 3.38. The van der Waals surface area contributed by atoms with Crippen molar-refractivity contribution in [3.05, 3.63) is 33.1 Å². The molecule has 1 amide bonds. The first kappa shape index (κ1) is 14.8. The fourth-order valence-electron chi connectivity index (χ4n) is 1.15. The molecule has 1 rings (SSSR count). The molecule has 9 heteroatoms. The number of carbonyl (C=O) groups excluding carboxylic acids is 1. The molecule has 0 saturated carbocycles. The zero-order valence-corrected chi connectivity index (χ0v) is 10.8.